The van der Waals surface area contributed by atoms with E-state index in [0.29, 0.717) is 17.0 Å². The van der Waals surface area contributed by atoms with Crippen molar-refractivity contribution in [2.24, 2.45) is 0 Å². The van der Waals surface area contributed by atoms with Gasteiger partial charge < -0.3 is 20.7 Å². The minimum atomic E-state index is -0.753. The summed E-state index contributed by atoms with van der Waals surface area (Å²) in [5.41, 5.74) is 6.87. The number of rotatable bonds is 3. The number of hydrogen-bond acceptors (Lipinski definition) is 8. The van der Waals surface area contributed by atoms with Crippen LogP contribution in [0.25, 0.3) is 11.2 Å². The molecule has 2 aromatic rings. The molecule has 9 heteroatoms. The Hall–Kier alpha value is -1.42. The van der Waals surface area contributed by atoms with Gasteiger partial charge in [-0.15, -0.1) is 11.8 Å². The van der Waals surface area contributed by atoms with Gasteiger partial charge in [0.1, 0.15) is 23.3 Å². The summed E-state index contributed by atoms with van der Waals surface area (Å²) in [4.78, 5) is 12.3. The van der Waals surface area contributed by atoms with Gasteiger partial charge in [0.05, 0.1) is 24.3 Å². The molecule has 1 aliphatic rings. The highest BCUT2D eigenvalue weighted by molar-refractivity contribution is 8.00. The number of aliphatic hydroxyl groups excluding tert-OH is 2. The highest BCUT2D eigenvalue weighted by atomic mass is 32.2. The van der Waals surface area contributed by atoms with Crippen molar-refractivity contribution in [3.05, 3.63) is 12.7 Å². The average molecular weight is 297 g/mol. The Balaban J connectivity index is 2.04. The standard InChI is InChI=1S/C11H15N5O3S/c1-19-8-7(18)5(2-17)20-11(8)16-4-15-6-9(12)13-3-14-10(6)16/h3-5,7-8,11,17-18H,2H2,1H3,(H2,12,13,14). The molecule has 108 valence electrons. The number of nitrogens with zero attached hydrogens (tertiary/aromatic N) is 4. The van der Waals surface area contributed by atoms with E-state index >= 15 is 0 Å². The Kier molecular flexibility index (Phi) is 3.50. The fraction of sp³-hybridized carbons (Fsp3) is 0.545. The van der Waals surface area contributed by atoms with Gasteiger partial charge in [-0.25, -0.2) is 15.0 Å². The third kappa shape index (κ3) is 1.94. The molecular weight excluding hydrogens is 282 g/mol. The van der Waals surface area contributed by atoms with Crippen LogP contribution < -0.4 is 5.73 Å². The quantitative estimate of drug-likeness (QED) is 0.686. The van der Waals surface area contributed by atoms with E-state index in [-0.39, 0.29) is 17.2 Å². The molecule has 4 unspecified atom stereocenters. The molecule has 20 heavy (non-hydrogen) atoms. The number of fused-ring (bicyclic) bond motifs is 1. The molecule has 0 radical (unpaired) electrons. The van der Waals surface area contributed by atoms with Gasteiger partial charge in [-0.3, -0.25) is 4.57 Å². The lowest BCUT2D eigenvalue weighted by Gasteiger charge is -2.20. The number of nitrogen functional groups attached to an aromatic ring is 1. The molecular formula is C11H15N5O3S. The van der Waals surface area contributed by atoms with Crippen molar-refractivity contribution in [2.75, 3.05) is 19.5 Å². The van der Waals surface area contributed by atoms with Gasteiger partial charge >= 0.3 is 0 Å². The summed E-state index contributed by atoms with van der Waals surface area (Å²) in [6, 6.07) is 0. The maximum absolute atomic E-state index is 10.1. The topological polar surface area (TPSA) is 119 Å². The van der Waals surface area contributed by atoms with Crippen LogP contribution in [0.15, 0.2) is 12.7 Å². The minimum Gasteiger partial charge on any atom is -0.395 e. The predicted molar refractivity (Wildman–Crippen MR) is 74.0 cm³/mol. The van der Waals surface area contributed by atoms with E-state index < -0.39 is 12.2 Å². The summed E-state index contributed by atoms with van der Waals surface area (Å²) in [5.74, 6) is 0.310. The van der Waals surface area contributed by atoms with E-state index in [1.165, 1.54) is 25.2 Å². The molecule has 3 heterocycles. The van der Waals surface area contributed by atoms with Crippen LogP contribution in [0, 0.1) is 0 Å². The Morgan fingerprint density at radius 3 is 2.95 bits per heavy atom. The normalized spacial score (nSPS) is 30.1. The molecule has 2 aromatic heterocycles. The summed E-state index contributed by atoms with van der Waals surface area (Å²) in [6.45, 7) is -0.119. The zero-order valence-electron chi connectivity index (χ0n) is 10.7. The van der Waals surface area contributed by atoms with Crippen LogP contribution >= 0.6 is 11.8 Å². The zero-order chi connectivity index (χ0) is 14.3. The number of thioether (sulfide) groups is 1. The Labute approximate surface area is 119 Å². The SMILES string of the molecule is COC1C(O)C(CO)SC1n1cnc2c(N)ncnc21. The summed E-state index contributed by atoms with van der Waals surface area (Å²) >= 11 is 1.43. The fourth-order valence-electron chi connectivity index (χ4n) is 2.40. The first-order valence-corrected chi connectivity index (χ1v) is 7.01. The van der Waals surface area contributed by atoms with Gasteiger partial charge in [-0.1, -0.05) is 0 Å². The van der Waals surface area contributed by atoms with Gasteiger partial charge in [-0.05, 0) is 0 Å². The van der Waals surface area contributed by atoms with Gasteiger partial charge in [0.15, 0.2) is 11.5 Å². The Morgan fingerprint density at radius 1 is 1.45 bits per heavy atom. The number of anilines is 1. The number of nitrogens with two attached hydrogens (primary N) is 1. The number of aromatic nitrogens is 4. The monoisotopic (exact) mass is 297 g/mol. The summed E-state index contributed by atoms with van der Waals surface area (Å²) in [6.07, 6.45) is 1.77. The molecule has 0 saturated carbocycles. The lowest BCUT2D eigenvalue weighted by atomic mass is 10.1. The first kappa shape index (κ1) is 13.6. The highest BCUT2D eigenvalue weighted by Crippen LogP contribution is 2.44. The number of aliphatic hydroxyl groups is 2. The van der Waals surface area contributed by atoms with E-state index in [2.05, 4.69) is 15.0 Å². The van der Waals surface area contributed by atoms with Crippen LogP contribution in [0.5, 0.6) is 0 Å². The number of methoxy groups -OCH3 is 1. The van der Waals surface area contributed by atoms with Crippen molar-refractivity contribution in [1.82, 2.24) is 19.5 Å². The second-order valence-electron chi connectivity index (χ2n) is 4.52. The highest BCUT2D eigenvalue weighted by Gasteiger charge is 2.44. The van der Waals surface area contributed by atoms with Crippen molar-refractivity contribution in [3.8, 4) is 0 Å². The minimum absolute atomic E-state index is 0.119. The smallest absolute Gasteiger partial charge is 0.166 e. The van der Waals surface area contributed by atoms with Gasteiger partial charge in [-0.2, -0.15) is 0 Å². The predicted octanol–water partition coefficient (Wildman–Crippen LogP) is -0.609. The van der Waals surface area contributed by atoms with Gasteiger partial charge in [0, 0.05) is 7.11 Å². The molecule has 3 rings (SSSR count). The van der Waals surface area contributed by atoms with Crippen molar-refractivity contribution in [1.29, 1.82) is 0 Å². The Bertz CT molecular complexity index is 621. The van der Waals surface area contributed by atoms with E-state index in [0.717, 1.165) is 0 Å². The average Bonchev–Trinajstić information content (AvgIpc) is 3.00. The molecule has 4 N–H and O–H groups in total. The second-order valence-corrected chi connectivity index (χ2v) is 5.88. The first-order chi connectivity index (χ1) is 9.67. The molecule has 0 amide bonds. The van der Waals surface area contributed by atoms with E-state index in [9.17, 15) is 10.2 Å². The molecule has 0 spiro atoms. The molecule has 1 aliphatic heterocycles. The lowest BCUT2D eigenvalue weighted by Crippen LogP contribution is -2.34. The zero-order valence-corrected chi connectivity index (χ0v) is 11.6. The second kappa shape index (κ2) is 5.17. The maximum atomic E-state index is 10.1. The number of hydrogen-bond donors (Lipinski definition) is 3. The lowest BCUT2D eigenvalue weighted by molar-refractivity contribution is -0.0179. The van der Waals surface area contributed by atoms with Gasteiger partial charge in [0.25, 0.3) is 0 Å². The molecule has 1 fully saturated rings. The van der Waals surface area contributed by atoms with E-state index in [4.69, 9.17) is 10.5 Å². The maximum Gasteiger partial charge on any atom is 0.166 e. The fourth-order valence-corrected chi connectivity index (χ4v) is 3.88. The largest absolute Gasteiger partial charge is 0.395 e. The Morgan fingerprint density at radius 2 is 2.25 bits per heavy atom. The van der Waals surface area contributed by atoms with Gasteiger partial charge in [0.2, 0.25) is 0 Å². The third-order valence-electron chi connectivity index (χ3n) is 3.43. The third-order valence-corrected chi connectivity index (χ3v) is 4.98. The van der Waals surface area contributed by atoms with E-state index in [1.807, 2.05) is 0 Å². The van der Waals surface area contributed by atoms with Crippen LogP contribution in [-0.4, -0.2) is 60.9 Å². The van der Waals surface area contributed by atoms with Crippen molar-refractivity contribution >= 4 is 28.7 Å². The van der Waals surface area contributed by atoms with Crippen LogP contribution in [0.3, 0.4) is 0 Å². The summed E-state index contributed by atoms with van der Waals surface area (Å²) in [5, 5.41) is 18.9. The van der Waals surface area contributed by atoms with Crippen LogP contribution in [0.1, 0.15) is 5.37 Å². The van der Waals surface area contributed by atoms with Crippen molar-refractivity contribution in [3.63, 3.8) is 0 Å². The van der Waals surface area contributed by atoms with Crippen LogP contribution in [0.4, 0.5) is 5.82 Å². The molecule has 0 aromatic carbocycles. The number of imidazole rings is 1. The first-order valence-electron chi connectivity index (χ1n) is 6.07. The summed E-state index contributed by atoms with van der Waals surface area (Å²) < 4.78 is 7.16. The summed E-state index contributed by atoms with van der Waals surface area (Å²) in [7, 11) is 1.53. The molecule has 1 saturated heterocycles. The number of ether oxygens (including phenoxy) is 1. The van der Waals surface area contributed by atoms with Crippen LogP contribution in [0.2, 0.25) is 0 Å². The van der Waals surface area contributed by atoms with Crippen LogP contribution in [-0.2, 0) is 4.74 Å². The van der Waals surface area contributed by atoms with Crippen molar-refractivity contribution in [2.45, 2.75) is 22.8 Å². The van der Waals surface area contributed by atoms with E-state index in [1.54, 1.807) is 10.9 Å². The molecule has 0 aliphatic carbocycles. The molecule has 0 bridgehead atoms. The van der Waals surface area contributed by atoms with Crippen molar-refractivity contribution < 1.29 is 14.9 Å². The molecule has 4 atom stereocenters. The molecule has 8 nitrogen and oxygen atoms in total.